The molecular formula is C11H10N2O2. The van der Waals surface area contributed by atoms with E-state index < -0.39 is 5.97 Å². The van der Waals surface area contributed by atoms with Gasteiger partial charge in [0.2, 0.25) is 0 Å². The lowest BCUT2D eigenvalue weighted by Crippen LogP contribution is -1.99. The van der Waals surface area contributed by atoms with Gasteiger partial charge < -0.3 is 5.11 Å². The van der Waals surface area contributed by atoms with E-state index in [0.717, 1.165) is 16.7 Å². The molecule has 0 atom stereocenters. The van der Waals surface area contributed by atoms with Crippen LogP contribution in [-0.4, -0.2) is 21.3 Å². The van der Waals surface area contributed by atoms with Crippen LogP contribution in [0, 0.1) is 6.92 Å². The maximum Gasteiger partial charge on any atom is 0.335 e. The van der Waals surface area contributed by atoms with Crippen LogP contribution in [0.3, 0.4) is 0 Å². The Balaban J connectivity index is 2.52. The van der Waals surface area contributed by atoms with Crippen molar-refractivity contribution in [2.75, 3.05) is 0 Å². The number of aromatic carboxylic acids is 1. The van der Waals surface area contributed by atoms with E-state index in [1.165, 1.54) is 0 Å². The molecule has 0 saturated heterocycles. The minimum absolute atomic E-state index is 0.328. The zero-order chi connectivity index (χ0) is 10.8. The highest BCUT2D eigenvalue weighted by Crippen LogP contribution is 2.21. The lowest BCUT2D eigenvalue weighted by Gasteiger charge is -2.03. The Labute approximate surface area is 86.6 Å². The van der Waals surface area contributed by atoms with Crippen LogP contribution >= 0.6 is 0 Å². The van der Waals surface area contributed by atoms with Crippen molar-refractivity contribution in [3.63, 3.8) is 0 Å². The molecule has 4 heteroatoms. The third kappa shape index (κ3) is 1.74. The fourth-order valence-electron chi connectivity index (χ4n) is 1.44. The van der Waals surface area contributed by atoms with E-state index in [4.69, 9.17) is 5.11 Å². The average Bonchev–Trinajstić information content (AvgIpc) is 2.71. The number of aryl methyl sites for hydroxylation is 1. The standard InChI is InChI=1S/C11H10N2O2/c1-7-2-3-8(4-10(7)11(14)15)9-5-12-13-6-9/h2-6H,1H3,(H,12,13)(H,14,15). The van der Waals surface area contributed by atoms with Gasteiger partial charge in [0.05, 0.1) is 11.8 Å². The largest absolute Gasteiger partial charge is 0.478 e. The van der Waals surface area contributed by atoms with Crippen LogP contribution in [0.1, 0.15) is 15.9 Å². The van der Waals surface area contributed by atoms with Crippen molar-refractivity contribution < 1.29 is 9.90 Å². The number of benzene rings is 1. The number of H-pyrrole nitrogens is 1. The molecule has 0 saturated carbocycles. The van der Waals surface area contributed by atoms with Crippen LogP contribution in [0.25, 0.3) is 11.1 Å². The van der Waals surface area contributed by atoms with Crippen molar-refractivity contribution in [2.45, 2.75) is 6.92 Å². The number of carboxylic acid groups (broad SMARTS) is 1. The average molecular weight is 202 g/mol. The number of carbonyl (C=O) groups is 1. The van der Waals surface area contributed by atoms with Crippen LogP contribution in [0.4, 0.5) is 0 Å². The van der Waals surface area contributed by atoms with Gasteiger partial charge >= 0.3 is 5.97 Å². The van der Waals surface area contributed by atoms with Crippen LogP contribution in [0.2, 0.25) is 0 Å². The molecule has 2 N–H and O–H groups in total. The molecule has 2 aromatic rings. The molecule has 0 unspecified atom stereocenters. The number of carboxylic acids is 1. The Morgan fingerprint density at radius 1 is 1.40 bits per heavy atom. The lowest BCUT2D eigenvalue weighted by molar-refractivity contribution is 0.0696. The number of rotatable bonds is 2. The van der Waals surface area contributed by atoms with Crippen LogP contribution in [0.5, 0.6) is 0 Å². The van der Waals surface area contributed by atoms with Gasteiger partial charge in [0, 0.05) is 11.8 Å². The maximum atomic E-state index is 10.9. The second-order valence-electron chi connectivity index (χ2n) is 3.32. The smallest absolute Gasteiger partial charge is 0.335 e. The molecule has 0 fully saturated rings. The van der Waals surface area contributed by atoms with Gasteiger partial charge in [0.25, 0.3) is 0 Å². The fraction of sp³-hybridized carbons (Fsp3) is 0.0909. The quantitative estimate of drug-likeness (QED) is 0.783. The molecule has 0 bridgehead atoms. The molecule has 0 radical (unpaired) electrons. The first-order valence-electron chi connectivity index (χ1n) is 4.51. The van der Waals surface area contributed by atoms with Crippen molar-refractivity contribution in [3.05, 3.63) is 41.7 Å². The van der Waals surface area contributed by atoms with E-state index in [0.29, 0.717) is 5.56 Å². The molecule has 76 valence electrons. The van der Waals surface area contributed by atoms with Crippen molar-refractivity contribution in [2.24, 2.45) is 0 Å². The Morgan fingerprint density at radius 3 is 2.80 bits per heavy atom. The molecule has 0 aliphatic carbocycles. The molecule has 2 rings (SSSR count). The van der Waals surface area contributed by atoms with Gasteiger partial charge in [0.1, 0.15) is 0 Å². The first-order chi connectivity index (χ1) is 7.18. The fourth-order valence-corrected chi connectivity index (χ4v) is 1.44. The molecule has 1 heterocycles. The van der Waals surface area contributed by atoms with E-state index in [-0.39, 0.29) is 0 Å². The summed E-state index contributed by atoms with van der Waals surface area (Å²) < 4.78 is 0. The molecule has 0 amide bonds. The van der Waals surface area contributed by atoms with E-state index in [1.807, 2.05) is 6.07 Å². The third-order valence-electron chi connectivity index (χ3n) is 2.30. The summed E-state index contributed by atoms with van der Waals surface area (Å²) in [5, 5.41) is 15.5. The Hall–Kier alpha value is -2.10. The third-order valence-corrected chi connectivity index (χ3v) is 2.30. The van der Waals surface area contributed by atoms with Crippen LogP contribution < -0.4 is 0 Å². The summed E-state index contributed by atoms with van der Waals surface area (Å²) in [4.78, 5) is 10.9. The maximum absolute atomic E-state index is 10.9. The predicted octanol–water partition coefficient (Wildman–Crippen LogP) is 2.08. The molecule has 4 nitrogen and oxygen atoms in total. The van der Waals surface area contributed by atoms with Crippen molar-refractivity contribution in [1.82, 2.24) is 10.2 Å². The van der Waals surface area contributed by atoms with Gasteiger partial charge in [-0.1, -0.05) is 12.1 Å². The number of aromatic nitrogens is 2. The number of nitrogens with one attached hydrogen (secondary N) is 1. The summed E-state index contributed by atoms with van der Waals surface area (Å²) in [5.74, 6) is -0.905. The van der Waals surface area contributed by atoms with E-state index in [1.54, 1.807) is 31.5 Å². The van der Waals surface area contributed by atoms with E-state index in [9.17, 15) is 4.79 Å². The topological polar surface area (TPSA) is 66.0 Å². The molecule has 0 spiro atoms. The van der Waals surface area contributed by atoms with E-state index in [2.05, 4.69) is 10.2 Å². The van der Waals surface area contributed by atoms with Gasteiger partial charge in [0.15, 0.2) is 0 Å². The van der Waals surface area contributed by atoms with Crippen LogP contribution in [0.15, 0.2) is 30.6 Å². The first-order valence-corrected chi connectivity index (χ1v) is 4.51. The second kappa shape index (κ2) is 3.57. The normalized spacial score (nSPS) is 10.2. The summed E-state index contributed by atoms with van der Waals surface area (Å²) in [6, 6.07) is 5.33. The van der Waals surface area contributed by atoms with E-state index >= 15 is 0 Å². The summed E-state index contributed by atoms with van der Waals surface area (Å²) in [7, 11) is 0. The minimum atomic E-state index is -0.905. The predicted molar refractivity (Wildman–Crippen MR) is 55.7 cm³/mol. The van der Waals surface area contributed by atoms with Gasteiger partial charge in [-0.25, -0.2) is 4.79 Å². The Morgan fingerprint density at radius 2 is 2.20 bits per heavy atom. The number of aromatic amines is 1. The van der Waals surface area contributed by atoms with Crippen molar-refractivity contribution in [1.29, 1.82) is 0 Å². The summed E-state index contributed by atoms with van der Waals surface area (Å²) in [5.41, 5.74) is 2.83. The number of hydrogen-bond donors (Lipinski definition) is 2. The van der Waals surface area contributed by atoms with Gasteiger partial charge in [-0.3, -0.25) is 5.10 Å². The van der Waals surface area contributed by atoms with Gasteiger partial charge in [-0.2, -0.15) is 5.10 Å². The molecule has 1 aromatic carbocycles. The zero-order valence-electron chi connectivity index (χ0n) is 8.19. The van der Waals surface area contributed by atoms with Gasteiger partial charge in [-0.15, -0.1) is 0 Å². The summed E-state index contributed by atoms with van der Waals surface area (Å²) in [6.45, 7) is 1.78. The summed E-state index contributed by atoms with van der Waals surface area (Å²) in [6.07, 6.45) is 3.40. The number of nitrogens with zero attached hydrogens (tertiary/aromatic N) is 1. The zero-order valence-corrected chi connectivity index (χ0v) is 8.19. The SMILES string of the molecule is Cc1ccc(-c2cn[nH]c2)cc1C(=O)O. The highest BCUT2D eigenvalue weighted by Gasteiger charge is 2.08. The monoisotopic (exact) mass is 202 g/mol. The molecular weight excluding hydrogens is 192 g/mol. The second-order valence-corrected chi connectivity index (χ2v) is 3.32. The Kier molecular flexibility index (Phi) is 2.25. The van der Waals surface area contributed by atoms with Crippen molar-refractivity contribution >= 4 is 5.97 Å². The van der Waals surface area contributed by atoms with Crippen molar-refractivity contribution in [3.8, 4) is 11.1 Å². The Bertz CT molecular complexity index is 489. The minimum Gasteiger partial charge on any atom is -0.478 e. The highest BCUT2D eigenvalue weighted by molar-refractivity contribution is 5.91. The number of hydrogen-bond acceptors (Lipinski definition) is 2. The molecule has 0 aliphatic rings. The first kappa shape index (κ1) is 9.45. The highest BCUT2D eigenvalue weighted by atomic mass is 16.4. The van der Waals surface area contributed by atoms with Gasteiger partial charge in [-0.05, 0) is 24.1 Å². The van der Waals surface area contributed by atoms with Crippen LogP contribution in [-0.2, 0) is 0 Å². The summed E-state index contributed by atoms with van der Waals surface area (Å²) >= 11 is 0. The molecule has 0 aliphatic heterocycles. The molecule has 1 aromatic heterocycles. The molecule has 15 heavy (non-hydrogen) atoms. The lowest BCUT2D eigenvalue weighted by atomic mass is 10.0.